The normalized spacial score (nSPS) is 10.2. The third-order valence-electron chi connectivity index (χ3n) is 2.33. The van der Waals surface area contributed by atoms with Crippen molar-refractivity contribution in [3.05, 3.63) is 46.0 Å². The largest absolute Gasteiger partial charge is 0.370 e. The van der Waals surface area contributed by atoms with Gasteiger partial charge in [0, 0.05) is 34.0 Å². The molecule has 3 nitrogen and oxygen atoms in total. The summed E-state index contributed by atoms with van der Waals surface area (Å²) in [4.78, 5) is 4.22. The molecule has 1 aromatic heterocycles. The average molecular weight is 327 g/mol. The Morgan fingerprint density at radius 1 is 1.28 bits per heavy atom. The summed E-state index contributed by atoms with van der Waals surface area (Å²) in [6.45, 7) is 2.89. The SMILES string of the molecule is CCNc1cc(Nc2ccc(Cl)cc2Br)ccn1. The van der Waals surface area contributed by atoms with Gasteiger partial charge in [-0.3, -0.25) is 0 Å². The molecule has 0 amide bonds. The van der Waals surface area contributed by atoms with Crippen molar-refractivity contribution in [3.63, 3.8) is 0 Å². The highest BCUT2D eigenvalue weighted by Gasteiger charge is 2.02. The highest BCUT2D eigenvalue weighted by Crippen LogP contribution is 2.28. The number of anilines is 3. The monoisotopic (exact) mass is 325 g/mol. The van der Waals surface area contributed by atoms with Gasteiger partial charge in [-0.1, -0.05) is 11.6 Å². The predicted octanol–water partition coefficient (Wildman–Crippen LogP) is 4.67. The minimum absolute atomic E-state index is 0.704. The van der Waals surface area contributed by atoms with Gasteiger partial charge in [0.1, 0.15) is 5.82 Å². The van der Waals surface area contributed by atoms with E-state index in [0.717, 1.165) is 28.2 Å². The maximum atomic E-state index is 5.91. The maximum absolute atomic E-state index is 5.91. The molecule has 0 saturated carbocycles. The van der Waals surface area contributed by atoms with Crippen LogP contribution in [0.1, 0.15) is 6.92 Å². The van der Waals surface area contributed by atoms with Crippen LogP contribution in [0.4, 0.5) is 17.2 Å². The first-order valence-corrected chi connectivity index (χ1v) is 6.78. The van der Waals surface area contributed by atoms with Crippen molar-refractivity contribution in [2.75, 3.05) is 17.2 Å². The summed E-state index contributed by atoms with van der Waals surface area (Å²) >= 11 is 9.38. The molecule has 0 atom stereocenters. The molecule has 18 heavy (non-hydrogen) atoms. The highest BCUT2D eigenvalue weighted by atomic mass is 79.9. The van der Waals surface area contributed by atoms with E-state index in [2.05, 4.69) is 31.5 Å². The molecule has 5 heteroatoms. The smallest absolute Gasteiger partial charge is 0.127 e. The van der Waals surface area contributed by atoms with Crippen molar-refractivity contribution in [3.8, 4) is 0 Å². The van der Waals surface area contributed by atoms with E-state index in [9.17, 15) is 0 Å². The molecule has 2 rings (SSSR count). The molecule has 0 fully saturated rings. The summed E-state index contributed by atoms with van der Waals surface area (Å²) < 4.78 is 0.928. The van der Waals surface area contributed by atoms with Crippen LogP contribution in [0, 0.1) is 0 Å². The lowest BCUT2D eigenvalue weighted by Crippen LogP contribution is -2.00. The Kier molecular flexibility index (Phi) is 4.44. The zero-order chi connectivity index (χ0) is 13.0. The number of hydrogen-bond acceptors (Lipinski definition) is 3. The molecule has 0 unspecified atom stereocenters. The standard InChI is InChI=1S/C13H13BrClN3/c1-2-16-13-8-10(5-6-17-13)18-12-4-3-9(15)7-11(12)14/h3-8H,2H2,1H3,(H2,16,17,18). The Balaban J connectivity index is 2.20. The zero-order valence-electron chi connectivity index (χ0n) is 9.87. The van der Waals surface area contributed by atoms with E-state index < -0.39 is 0 Å². The highest BCUT2D eigenvalue weighted by molar-refractivity contribution is 9.10. The van der Waals surface area contributed by atoms with Gasteiger partial charge in [0.15, 0.2) is 0 Å². The number of aromatic nitrogens is 1. The molecule has 0 aliphatic rings. The molecule has 2 N–H and O–H groups in total. The van der Waals surface area contributed by atoms with Crippen LogP contribution in [0.25, 0.3) is 0 Å². The van der Waals surface area contributed by atoms with Crippen LogP contribution in [-0.2, 0) is 0 Å². The topological polar surface area (TPSA) is 37.0 Å². The van der Waals surface area contributed by atoms with Crippen LogP contribution in [0.3, 0.4) is 0 Å². The molecule has 0 aliphatic heterocycles. The molecule has 0 radical (unpaired) electrons. The summed E-state index contributed by atoms with van der Waals surface area (Å²) in [5.74, 6) is 0.854. The fourth-order valence-electron chi connectivity index (χ4n) is 1.53. The molecule has 0 aliphatic carbocycles. The number of nitrogens with one attached hydrogen (secondary N) is 2. The Labute approximate surface area is 120 Å². The fraction of sp³-hybridized carbons (Fsp3) is 0.154. The van der Waals surface area contributed by atoms with Crippen LogP contribution < -0.4 is 10.6 Å². The van der Waals surface area contributed by atoms with E-state index in [1.165, 1.54) is 0 Å². The summed E-state index contributed by atoms with van der Waals surface area (Å²) in [5, 5.41) is 7.19. The van der Waals surface area contributed by atoms with Crippen LogP contribution >= 0.6 is 27.5 Å². The van der Waals surface area contributed by atoms with Crippen molar-refractivity contribution in [1.29, 1.82) is 0 Å². The molecule has 1 aromatic carbocycles. The minimum atomic E-state index is 0.704. The first kappa shape index (κ1) is 13.2. The molecule has 0 saturated heterocycles. The molecule has 0 bridgehead atoms. The first-order valence-electron chi connectivity index (χ1n) is 5.61. The molecular weight excluding hydrogens is 314 g/mol. The number of hydrogen-bond donors (Lipinski definition) is 2. The van der Waals surface area contributed by atoms with Gasteiger partial charge in [-0.2, -0.15) is 0 Å². The van der Waals surface area contributed by atoms with Crippen molar-refractivity contribution in [1.82, 2.24) is 4.98 Å². The Morgan fingerprint density at radius 3 is 2.83 bits per heavy atom. The number of pyridine rings is 1. The van der Waals surface area contributed by atoms with Crippen LogP contribution in [0.2, 0.25) is 5.02 Å². The lowest BCUT2D eigenvalue weighted by molar-refractivity contribution is 1.16. The third-order valence-corrected chi connectivity index (χ3v) is 3.22. The summed E-state index contributed by atoms with van der Waals surface area (Å²) in [6, 6.07) is 9.52. The van der Waals surface area contributed by atoms with E-state index >= 15 is 0 Å². The molecule has 94 valence electrons. The minimum Gasteiger partial charge on any atom is -0.370 e. The van der Waals surface area contributed by atoms with E-state index in [-0.39, 0.29) is 0 Å². The summed E-state index contributed by atoms with van der Waals surface area (Å²) in [5.41, 5.74) is 1.94. The molecule has 0 spiro atoms. The van der Waals surface area contributed by atoms with E-state index in [0.29, 0.717) is 5.02 Å². The van der Waals surface area contributed by atoms with Crippen LogP contribution in [0.5, 0.6) is 0 Å². The number of nitrogens with zero attached hydrogens (tertiary/aromatic N) is 1. The lowest BCUT2D eigenvalue weighted by atomic mass is 10.3. The second kappa shape index (κ2) is 6.07. The number of benzene rings is 1. The third kappa shape index (κ3) is 3.37. The zero-order valence-corrected chi connectivity index (χ0v) is 12.2. The molecule has 1 heterocycles. The number of rotatable bonds is 4. The Morgan fingerprint density at radius 2 is 2.11 bits per heavy atom. The number of halogens is 2. The first-order chi connectivity index (χ1) is 8.69. The Bertz CT molecular complexity index is 546. The summed E-state index contributed by atoms with van der Waals surface area (Å²) in [6.07, 6.45) is 1.77. The maximum Gasteiger partial charge on any atom is 0.127 e. The predicted molar refractivity (Wildman–Crippen MR) is 80.8 cm³/mol. The fourth-order valence-corrected chi connectivity index (χ4v) is 2.31. The van der Waals surface area contributed by atoms with E-state index in [4.69, 9.17) is 11.6 Å². The van der Waals surface area contributed by atoms with Crippen molar-refractivity contribution >= 4 is 44.7 Å². The van der Waals surface area contributed by atoms with Crippen molar-refractivity contribution in [2.24, 2.45) is 0 Å². The van der Waals surface area contributed by atoms with Crippen molar-refractivity contribution < 1.29 is 0 Å². The van der Waals surface area contributed by atoms with E-state index in [1.807, 2.05) is 37.3 Å². The average Bonchev–Trinajstić information content (AvgIpc) is 2.34. The van der Waals surface area contributed by atoms with Gasteiger partial charge in [-0.25, -0.2) is 4.98 Å². The lowest BCUT2D eigenvalue weighted by Gasteiger charge is -2.10. The van der Waals surface area contributed by atoms with Gasteiger partial charge in [0.05, 0.1) is 5.69 Å². The van der Waals surface area contributed by atoms with Gasteiger partial charge < -0.3 is 10.6 Å². The van der Waals surface area contributed by atoms with Gasteiger partial charge in [-0.05, 0) is 47.1 Å². The van der Waals surface area contributed by atoms with Gasteiger partial charge in [0.25, 0.3) is 0 Å². The summed E-state index contributed by atoms with van der Waals surface area (Å²) in [7, 11) is 0. The van der Waals surface area contributed by atoms with Gasteiger partial charge in [-0.15, -0.1) is 0 Å². The molecule has 2 aromatic rings. The second-order valence-electron chi connectivity index (χ2n) is 3.71. The second-order valence-corrected chi connectivity index (χ2v) is 5.00. The molecular formula is C13H13BrClN3. The van der Waals surface area contributed by atoms with Gasteiger partial charge >= 0.3 is 0 Å². The van der Waals surface area contributed by atoms with E-state index in [1.54, 1.807) is 6.20 Å². The quantitative estimate of drug-likeness (QED) is 0.857. The van der Waals surface area contributed by atoms with Crippen molar-refractivity contribution in [2.45, 2.75) is 6.92 Å². The Hall–Kier alpha value is -1.26. The van der Waals surface area contributed by atoms with Gasteiger partial charge in [0.2, 0.25) is 0 Å². The van der Waals surface area contributed by atoms with Crippen LogP contribution in [-0.4, -0.2) is 11.5 Å². The van der Waals surface area contributed by atoms with Crippen LogP contribution in [0.15, 0.2) is 41.0 Å².